The molecule has 1 aliphatic heterocycles. The number of thiophene rings is 1. The molecular weight excluding hydrogens is 284 g/mol. The molecule has 0 unspecified atom stereocenters. The lowest BCUT2D eigenvalue weighted by Crippen LogP contribution is -2.48. The molecule has 0 radical (unpaired) electrons. The summed E-state index contributed by atoms with van der Waals surface area (Å²) in [6, 6.07) is 0. The van der Waals surface area contributed by atoms with E-state index in [4.69, 9.17) is 4.74 Å². The fourth-order valence-electron chi connectivity index (χ4n) is 2.83. The first-order chi connectivity index (χ1) is 10.1. The van der Waals surface area contributed by atoms with Crippen molar-refractivity contribution in [1.82, 2.24) is 9.80 Å². The van der Waals surface area contributed by atoms with E-state index in [2.05, 4.69) is 11.9 Å². The molecule has 1 saturated carbocycles. The zero-order chi connectivity index (χ0) is 14.8. The Morgan fingerprint density at radius 3 is 2.86 bits per heavy atom. The maximum absolute atomic E-state index is 12.8. The summed E-state index contributed by atoms with van der Waals surface area (Å²) in [4.78, 5) is 17.1. The van der Waals surface area contributed by atoms with Crippen LogP contribution < -0.4 is 0 Å². The number of ether oxygens (including phenoxy) is 1. The van der Waals surface area contributed by atoms with Gasteiger partial charge >= 0.3 is 0 Å². The van der Waals surface area contributed by atoms with Crippen molar-refractivity contribution >= 4 is 17.2 Å². The Balaban J connectivity index is 1.68. The highest BCUT2D eigenvalue weighted by atomic mass is 32.1. The number of amides is 1. The first-order valence-electron chi connectivity index (χ1n) is 7.75. The molecule has 2 heterocycles. The molecule has 21 heavy (non-hydrogen) atoms. The lowest BCUT2D eigenvalue weighted by Gasteiger charge is -2.34. The molecule has 0 aromatic carbocycles. The molecule has 1 aromatic rings. The minimum Gasteiger partial charge on any atom is -0.374 e. The second-order valence-electron chi connectivity index (χ2n) is 6.38. The first-order valence-corrected chi connectivity index (χ1v) is 8.70. The Kier molecular flexibility index (Phi) is 4.62. The maximum atomic E-state index is 12.8. The molecule has 4 nitrogen and oxygen atoms in total. The lowest BCUT2D eigenvalue weighted by molar-refractivity contribution is -0.0331. The van der Waals surface area contributed by atoms with Gasteiger partial charge in [0.2, 0.25) is 0 Å². The minimum absolute atomic E-state index is 0.144. The standard InChI is InChI=1S/C16H24N2O2S/c1-12-10-21-11-15(12)16(19)18(7-13-3-4-13)9-14-8-17(2)5-6-20-14/h10-11,13-14H,3-9H2,1-2H3/t14-/m0/s1. The molecule has 5 heteroatoms. The quantitative estimate of drug-likeness (QED) is 0.836. The molecule has 116 valence electrons. The van der Waals surface area contributed by atoms with Gasteiger partial charge in [0.15, 0.2) is 0 Å². The molecule has 1 aliphatic carbocycles. The summed E-state index contributed by atoms with van der Waals surface area (Å²) in [7, 11) is 2.12. The summed E-state index contributed by atoms with van der Waals surface area (Å²) < 4.78 is 5.85. The summed E-state index contributed by atoms with van der Waals surface area (Å²) in [5, 5.41) is 4.03. The van der Waals surface area contributed by atoms with Crippen molar-refractivity contribution in [2.75, 3.05) is 39.8 Å². The fourth-order valence-corrected chi connectivity index (χ4v) is 3.65. The third kappa shape index (κ3) is 3.84. The van der Waals surface area contributed by atoms with Crippen LogP contribution in [0.5, 0.6) is 0 Å². The minimum atomic E-state index is 0.144. The summed E-state index contributed by atoms with van der Waals surface area (Å²) in [5.41, 5.74) is 1.96. The van der Waals surface area contributed by atoms with E-state index < -0.39 is 0 Å². The average Bonchev–Trinajstić information content (AvgIpc) is 3.17. The van der Waals surface area contributed by atoms with Crippen LogP contribution >= 0.6 is 11.3 Å². The predicted molar refractivity (Wildman–Crippen MR) is 84.9 cm³/mol. The number of morpholine rings is 1. The van der Waals surface area contributed by atoms with Gasteiger partial charge in [0.05, 0.1) is 18.3 Å². The first kappa shape index (κ1) is 15.0. The summed E-state index contributed by atoms with van der Waals surface area (Å²) in [6.07, 6.45) is 2.67. The highest BCUT2D eigenvalue weighted by Gasteiger charge is 2.30. The third-order valence-electron chi connectivity index (χ3n) is 4.31. The van der Waals surface area contributed by atoms with E-state index in [-0.39, 0.29) is 12.0 Å². The largest absolute Gasteiger partial charge is 0.374 e. The Morgan fingerprint density at radius 2 is 2.24 bits per heavy atom. The van der Waals surface area contributed by atoms with Gasteiger partial charge in [-0.1, -0.05) is 0 Å². The van der Waals surface area contributed by atoms with Gasteiger partial charge in [0.1, 0.15) is 0 Å². The molecule has 0 spiro atoms. The Morgan fingerprint density at radius 1 is 1.43 bits per heavy atom. The van der Waals surface area contributed by atoms with Crippen LogP contribution in [0.4, 0.5) is 0 Å². The highest BCUT2D eigenvalue weighted by molar-refractivity contribution is 7.08. The number of carbonyl (C=O) groups excluding carboxylic acids is 1. The smallest absolute Gasteiger partial charge is 0.255 e. The van der Waals surface area contributed by atoms with Crippen molar-refractivity contribution in [3.63, 3.8) is 0 Å². The monoisotopic (exact) mass is 308 g/mol. The van der Waals surface area contributed by atoms with Crippen LogP contribution in [0.25, 0.3) is 0 Å². The molecule has 1 atom stereocenters. The molecule has 1 aromatic heterocycles. The molecule has 1 amide bonds. The average molecular weight is 308 g/mol. The second kappa shape index (κ2) is 6.46. The van der Waals surface area contributed by atoms with Crippen LogP contribution in [0.1, 0.15) is 28.8 Å². The second-order valence-corrected chi connectivity index (χ2v) is 7.12. The van der Waals surface area contributed by atoms with Crippen LogP contribution in [-0.4, -0.2) is 61.6 Å². The van der Waals surface area contributed by atoms with E-state index in [0.717, 1.165) is 43.9 Å². The number of aryl methyl sites for hydroxylation is 1. The van der Waals surface area contributed by atoms with E-state index in [0.29, 0.717) is 5.92 Å². The molecule has 2 fully saturated rings. The number of rotatable bonds is 5. The third-order valence-corrected chi connectivity index (χ3v) is 5.18. The van der Waals surface area contributed by atoms with Crippen LogP contribution in [0, 0.1) is 12.8 Å². The summed E-state index contributed by atoms with van der Waals surface area (Å²) in [5.74, 6) is 0.881. The van der Waals surface area contributed by atoms with E-state index in [1.54, 1.807) is 11.3 Å². The van der Waals surface area contributed by atoms with Gasteiger partial charge in [-0.05, 0) is 43.7 Å². The van der Waals surface area contributed by atoms with E-state index in [9.17, 15) is 4.79 Å². The summed E-state index contributed by atoms with van der Waals surface area (Å²) in [6.45, 7) is 6.29. The number of hydrogen-bond donors (Lipinski definition) is 0. The van der Waals surface area contributed by atoms with Crippen molar-refractivity contribution < 1.29 is 9.53 Å². The Bertz CT molecular complexity index is 498. The van der Waals surface area contributed by atoms with Crippen molar-refractivity contribution in [2.45, 2.75) is 25.9 Å². The molecular formula is C16H24N2O2S. The van der Waals surface area contributed by atoms with Gasteiger partial charge in [-0.25, -0.2) is 0 Å². The zero-order valence-corrected chi connectivity index (χ0v) is 13.7. The van der Waals surface area contributed by atoms with Crippen LogP contribution in [0.2, 0.25) is 0 Å². The Labute approximate surface area is 130 Å². The normalized spacial score (nSPS) is 23.2. The van der Waals surface area contributed by atoms with Gasteiger partial charge in [-0.15, -0.1) is 0 Å². The van der Waals surface area contributed by atoms with Gasteiger partial charge in [-0.2, -0.15) is 11.3 Å². The van der Waals surface area contributed by atoms with Crippen LogP contribution in [0.15, 0.2) is 10.8 Å². The number of nitrogens with zero attached hydrogens (tertiary/aromatic N) is 2. The predicted octanol–water partition coefficient (Wildman–Crippen LogP) is 2.24. The van der Waals surface area contributed by atoms with Crippen molar-refractivity contribution in [2.24, 2.45) is 5.92 Å². The zero-order valence-electron chi connectivity index (χ0n) is 12.9. The molecule has 0 N–H and O–H groups in total. The SMILES string of the molecule is Cc1cscc1C(=O)N(CC1CC1)C[C@@H]1CN(C)CCO1. The van der Waals surface area contributed by atoms with E-state index in [1.165, 1.54) is 12.8 Å². The topological polar surface area (TPSA) is 32.8 Å². The van der Waals surface area contributed by atoms with E-state index in [1.807, 2.05) is 22.6 Å². The highest BCUT2D eigenvalue weighted by Crippen LogP contribution is 2.31. The van der Waals surface area contributed by atoms with E-state index >= 15 is 0 Å². The van der Waals surface area contributed by atoms with Gasteiger partial charge in [0.25, 0.3) is 5.91 Å². The molecule has 0 bridgehead atoms. The number of hydrogen-bond acceptors (Lipinski definition) is 4. The fraction of sp³-hybridized carbons (Fsp3) is 0.688. The van der Waals surface area contributed by atoms with Gasteiger partial charge in [0, 0.05) is 31.6 Å². The van der Waals surface area contributed by atoms with Gasteiger partial charge < -0.3 is 14.5 Å². The summed E-state index contributed by atoms with van der Waals surface area (Å²) >= 11 is 1.61. The number of carbonyl (C=O) groups is 1. The van der Waals surface area contributed by atoms with Gasteiger partial charge in [-0.3, -0.25) is 4.79 Å². The van der Waals surface area contributed by atoms with Crippen LogP contribution in [-0.2, 0) is 4.74 Å². The van der Waals surface area contributed by atoms with Crippen molar-refractivity contribution in [3.05, 3.63) is 21.9 Å². The number of likely N-dealkylation sites (N-methyl/N-ethyl adjacent to an activating group) is 1. The van der Waals surface area contributed by atoms with Crippen molar-refractivity contribution in [1.29, 1.82) is 0 Å². The van der Waals surface area contributed by atoms with Crippen molar-refractivity contribution in [3.8, 4) is 0 Å². The van der Waals surface area contributed by atoms with Crippen LogP contribution in [0.3, 0.4) is 0 Å². The molecule has 1 saturated heterocycles. The lowest BCUT2D eigenvalue weighted by atomic mass is 10.1. The maximum Gasteiger partial charge on any atom is 0.255 e. The molecule has 3 rings (SSSR count). The molecule has 2 aliphatic rings. The Hall–Kier alpha value is -0.910.